The molecule has 4 fully saturated rings. The van der Waals surface area contributed by atoms with Crippen LogP contribution in [0.4, 0.5) is 5.95 Å². The van der Waals surface area contributed by atoms with Gasteiger partial charge in [0.2, 0.25) is 11.9 Å². The molecule has 6 heteroatoms. The summed E-state index contributed by atoms with van der Waals surface area (Å²) in [6.07, 6.45) is 8.08. The monoisotopic (exact) mass is 289 g/mol. The summed E-state index contributed by atoms with van der Waals surface area (Å²) in [5.41, 5.74) is 5.41. The van der Waals surface area contributed by atoms with Gasteiger partial charge in [-0.15, -0.1) is 5.10 Å². The summed E-state index contributed by atoms with van der Waals surface area (Å²) in [6, 6.07) is 0. The predicted molar refractivity (Wildman–Crippen MR) is 78.1 cm³/mol. The van der Waals surface area contributed by atoms with E-state index < -0.39 is 0 Å². The molecule has 1 amide bonds. The van der Waals surface area contributed by atoms with Crippen LogP contribution in [0.2, 0.25) is 0 Å². The molecule has 1 aromatic rings. The molecule has 0 aromatic carbocycles. The highest BCUT2D eigenvalue weighted by Crippen LogP contribution is 2.60. The van der Waals surface area contributed by atoms with Crippen LogP contribution in [-0.2, 0) is 11.2 Å². The van der Waals surface area contributed by atoms with Crippen LogP contribution in [0.1, 0.15) is 44.3 Å². The fourth-order valence-electron chi connectivity index (χ4n) is 5.29. The molecule has 4 aliphatic rings. The van der Waals surface area contributed by atoms with Gasteiger partial charge in [-0.25, -0.2) is 0 Å². The van der Waals surface area contributed by atoms with E-state index in [-0.39, 0.29) is 17.3 Å². The Kier molecular flexibility index (Phi) is 2.94. The quantitative estimate of drug-likeness (QED) is 0.777. The van der Waals surface area contributed by atoms with Gasteiger partial charge in [0.1, 0.15) is 5.82 Å². The molecular formula is C15H23N5O. The Morgan fingerprint density at radius 1 is 1.24 bits per heavy atom. The number of carbonyl (C=O) groups excluding carboxylic acids is 1. The number of nitrogens with two attached hydrogens (primary N) is 1. The summed E-state index contributed by atoms with van der Waals surface area (Å²) >= 11 is 0. The topological polar surface area (TPSA) is 96.7 Å². The average molecular weight is 289 g/mol. The normalized spacial score (nSPS) is 36.9. The van der Waals surface area contributed by atoms with Crippen LogP contribution in [0.5, 0.6) is 0 Å². The first-order valence-electron chi connectivity index (χ1n) is 8.08. The number of aromatic amines is 1. The maximum atomic E-state index is 12.7. The Morgan fingerprint density at radius 3 is 2.38 bits per heavy atom. The summed E-state index contributed by atoms with van der Waals surface area (Å²) in [7, 11) is 0. The van der Waals surface area contributed by atoms with Gasteiger partial charge in [-0.2, -0.15) is 4.98 Å². The Hall–Kier alpha value is -1.59. The van der Waals surface area contributed by atoms with E-state index in [4.69, 9.17) is 5.73 Å². The zero-order valence-electron chi connectivity index (χ0n) is 12.3. The SMILES string of the molecule is Nc1n[nH]c(CCNC(=O)C23CC4CC(CC(C4)C2)C3)n1. The molecule has 5 rings (SSSR count). The van der Waals surface area contributed by atoms with Crippen molar-refractivity contribution in [3.63, 3.8) is 0 Å². The lowest BCUT2D eigenvalue weighted by Gasteiger charge is -2.55. The van der Waals surface area contributed by atoms with E-state index in [1.165, 1.54) is 19.3 Å². The van der Waals surface area contributed by atoms with Crippen molar-refractivity contribution in [2.24, 2.45) is 23.2 Å². The van der Waals surface area contributed by atoms with Crippen LogP contribution >= 0.6 is 0 Å². The van der Waals surface area contributed by atoms with E-state index in [0.717, 1.165) is 42.8 Å². The van der Waals surface area contributed by atoms with E-state index in [1.807, 2.05) is 0 Å². The van der Waals surface area contributed by atoms with Gasteiger partial charge in [-0.1, -0.05) is 0 Å². The number of hydrogen-bond acceptors (Lipinski definition) is 4. The van der Waals surface area contributed by atoms with Crippen LogP contribution in [0, 0.1) is 23.2 Å². The summed E-state index contributed by atoms with van der Waals surface area (Å²) in [5, 5.41) is 9.70. The molecule has 0 radical (unpaired) electrons. The van der Waals surface area contributed by atoms with Gasteiger partial charge >= 0.3 is 0 Å². The van der Waals surface area contributed by atoms with Crippen molar-refractivity contribution in [3.8, 4) is 0 Å². The lowest BCUT2D eigenvalue weighted by Crippen LogP contribution is -2.53. The van der Waals surface area contributed by atoms with Gasteiger partial charge < -0.3 is 11.1 Å². The van der Waals surface area contributed by atoms with Crippen molar-refractivity contribution in [1.82, 2.24) is 20.5 Å². The van der Waals surface area contributed by atoms with Crippen LogP contribution in [-0.4, -0.2) is 27.6 Å². The minimum absolute atomic E-state index is 0.0603. The Balaban J connectivity index is 1.36. The summed E-state index contributed by atoms with van der Waals surface area (Å²) < 4.78 is 0. The number of nitrogens with one attached hydrogen (secondary N) is 2. The molecule has 0 aliphatic heterocycles. The summed E-state index contributed by atoms with van der Waals surface area (Å²) in [4.78, 5) is 16.8. The minimum Gasteiger partial charge on any atom is -0.367 e. The number of H-pyrrole nitrogens is 1. The van der Waals surface area contributed by atoms with Gasteiger partial charge in [-0.05, 0) is 56.3 Å². The highest BCUT2D eigenvalue weighted by atomic mass is 16.2. The number of aromatic nitrogens is 3. The molecule has 0 atom stereocenters. The van der Waals surface area contributed by atoms with Crippen molar-refractivity contribution < 1.29 is 4.79 Å². The number of amides is 1. The van der Waals surface area contributed by atoms with Gasteiger partial charge in [-0.3, -0.25) is 9.89 Å². The molecular weight excluding hydrogens is 266 g/mol. The molecule has 0 unspecified atom stereocenters. The van der Waals surface area contributed by atoms with Crippen LogP contribution in [0.15, 0.2) is 0 Å². The fourth-order valence-corrected chi connectivity index (χ4v) is 5.29. The first-order valence-corrected chi connectivity index (χ1v) is 8.08. The predicted octanol–water partition coefficient (Wildman–Crippen LogP) is 1.26. The molecule has 0 spiro atoms. The third kappa shape index (κ3) is 2.30. The number of carbonyl (C=O) groups is 1. The molecule has 21 heavy (non-hydrogen) atoms. The molecule has 1 aromatic heterocycles. The molecule has 6 nitrogen and oxygen atoms in total. The zero-order chi connectivity index (χ0) is 14.4. The van der Waals surface area contributed by atoms with Crippen molar-refractivity contribution in [3.05, 3.63) is 5.82 Å². The van der Waals surface area contributed by atoms with Crippen molar-refractivity contribution in [2.45, 2.75) is 44.9 Å². The number of rotatable bonds is 4. The number of nitrogen functional groups attached to an aromatic ring is 1. The molecule has 114 valence electrons. The Morgan fingerprint density at radius 2 is 1.86 bits per heavy atom. The fraction of sp³-hybridized carbons (Fsp3) is 0.800. The summed E-state index contributed by atoms with van der Waals surface area (Å²) in [6.45, 7) is 0.606. The maximum absolute atomic E-state index is 12.7. The number of hydrogen-bond donors (Lipinski definition) is 3. The van der Waals surface area contributed by atoms with E-state index >= 15 is 0 Å². The maximum Gasteiger partial charge on any atom is 0.239 e. The third-order valence-corrected chi connectivity index (χ3v) is 5.72. The average Bonchev–Trinajstić information content (AvgIpc) is 2.83. The largest absolute Gasteiger partial charge is 0.367 e. The van der Waals surface area contributed by atoms with Crippen LogP contribution in [0.25, 0.3) is 0 Å². The molecule has 4 N–H and O–H groups in total. The lowest BCUT2D eigenvalue weighted by molar-refractivity contribution is -0.146. The minimum atomic E-state index is -0.0603. The van der Waals surface area contributed by atoms with Crippen LogP contribution in [0.3, 0.4) is 0 Å². The highest BCUT2D eigenvalue weighted by molar-refractivity contribution is 5.83. The first-order chi connectivity index (χ1) is 10.1. The smallest absolute Gasteiger partial charge is 0.239 e. The van der Waals surface area contributed by atoms with E-state index in [1.54, 1.807) is 0 Å². The van der Waals surface area contributed by atoms with Gasteiger partial charge in [0.15, 0.2) is 0 Å². The second-order valence-corrected chi connectivity index (χ2v) is 7.34. The van der Waals surface area contributed by atoms with Crippen molar-refractivity contribution in [2.75, 3.05) is 12.3 Å². The lowest BCUT2D eigenvalue weighted by atomic mass is 9.49. The van der Waals surface area contributed by atoms with Gasteiger partial charge in [0.25, 0.3) is 0 Å². The first kappa shape index (κ1) is 13.1. The third-order valence-electron chi connectivity index (χ3n) is 5.72. The van der Waals surface area contributed by atoms with Crippen molar-refractivity contribution in [1.29, 1.82) is 0 Å². The van der Waals surface area contributed by atoms with Crippen LogP contribution < -0.4 is 11.1 Å². The van der Waals surface area contributed by atoms with Gasteiger partial charge in [0.05, 0.1) is 0 Å². The zero-order valence-corrected chi connectivity index (χ0v) is 12.3. The standard InChI is InChI=1S/C15H23N5O/c16-14-18-12(19-20-14)1-2-17-13(21)15-6-9-3-10(7-15)5-11(4-9)8-15/h9-11H,1-8H2,(H,17,21)(H3,16,18,19,20). The highest BCUT2D eigenvalue weighted by Gasteiger charge is 2.54. The number of anilines is 1. The van der Waals surface area contributed by atoms with Gasteiger partial charge in [0, 0.05) is 18.4 Å². The molecule has 0 saturated heterocycles. The molecule has 4 saturated carbocycles. The molecule has 1 heterocycles. The Bertz CT molecular complexity index is 517. The molecule has 4 aliphatic carbocycles. The molecule has 4 bridgehead atoms. The summed E-state index contributed by atoms with van der Waals surface area (Å²) in [5.74, 6) is 3.67. The van der Waals surface area contributed by atoms with E-state index in [0.29, 0.717) is 13.0 Å². The number of nitrogens with zero attached hydrogens (tertiary/aromatic N) is 2. The Labute approximate surface area is 124 Å². The second-order valence-electron chi connectivity index (χ2n) is 7.34. The second kappa shape index (κ2) is 4.71. The van der Waals surface area contributed by atoms with E-state index in [9.17, 15) is 4.79 Å². The van der Waals surface area contributed by atoms with E-state index in [2.05, 4.69) is 20.5 Å². The van der Waals surface area contributed by atoms with Crippen molar-refractivity contribution >= 4 is 11.9 Å².